The van der Waals surface area contributed by atoms with Crippen molar-refractivity contribution < 1.29 is 27.6 Å². The summed E-state index contributed by atoms with van der Waals surface area (Å²) >= 11 is 12.4. The van der Waals surface area contributed by atoms with E-state index in [1.807, 2.05) is 13.8 Å². The van der Waals surface area contributed by atoms with Crippen molar-refractivity contribution in [2.75, 3.05) is 11.9 Å². The van der Waals surface area contributed by atoms with Crippen LogP contribution in [0.15, 0.2) is 75.8 Å². The Morgan fingerprint density at radius 1 is 1.00 bits per heavy atom. The molecule has 0 fully saturated rings. The third-order valence-electron chi connectivity index (χ3n) is 5.75. The van der Waals surface area contributed by atoms with Crippen LogP contribution < -0.4 is 10.1 Å². The molecule has 9 nitrogen and oxygen atoms in total. The van der Waals surface area contributed by atoms with E-state index < -0.39 is 26.7 Å². The van der Waals surface area contributed by atoms with Crippen LogP contribution in [0.1, 0.15) is 29.8 Å². The lowest BCUT2D eigenvalue weighted by Crippen LogP contribution is -2.12. The number of benzene rings is 4. The normalized spacial score (nSPS) is 11.7. The SMILES string of the molecule is CCOc1ccc(NC(=O)c2cc3ccccc3c(N=Nc3cc(CC)cc(Cl)c3S(=O)(=O)O)c2O)c(Cl)c1. The highest BCUT2D eigenvalue weighted by atomic mass is 35.5. The molecule has 39 heavy (non-hydrogen) atoms. The second-order valence-corrected chi connectivity index (χ2v) is 10.5. The lowest BCUT2D eigenvalue weighted by atomic mass is 10.0. The molecule has 0 aliphatic rings. The Labute approximate surface area is 234 Å². The summed E-state index contributed by atoms with van der Waals surface area (Å²) in [6.07, 6.45) is 0.506. The number of fused-ring (bicyclic) bond motifs is 1. The quantitative estimate of drug-likeness (QED) is 0.142. The van der Waals surface area contributed by atoms with Gasteiger partial charge in [-0.05, 0) is 54.6 Å². The lowest BCUT2D eigenvalue weighted by molar-refractivity contribution is 0.102. The van der Waals surface area contributed by atoms with Gasteiger partial charge in [-0.3, -0.25) is 9.35 Å². The number of aryl methyl sites for hydroxylation is 1. The molecule has 0 aliphatic carbocycles. The van der Waals surface area contributed by atoms with Gasteiger partial charge in [0.2, 0.25) is 0 Å². The van der Waals surface area contributed by atoms with E-state index in [0.717, 1.165) is 0 Å². The topological polar surface area (TPSA) is 138 Å². The number of nitrogens with zero attached hydrogens (tertiary/aromatic N) is 2. The highest BCUT2D eigenvalue weighted by Crippen LogP contribution is 2.41. The van der Waals surface area contributed by atoms with Crippen LogP contribution in [0.5, 0.6) is 11.5 Å². The fourth-order valence-electron chi connectivity index (χ4n) is 3.91. The molecule has 0 bridgehead atoms. The van der Waals surface area contributed by atoms with E-state index in [0.29, 0.717) is 40.8 Å². The zero-order valence-corrected chi connectivity index (χ0v) is 23.1. The van der Waals surface area contributed by atoms with E-state index in [-0.39, 0.29) is 27.0 Å². The molecule has 0 heterocycles. The van der Waals surface area contributed by atoms with Crippen molar-refractivity contribution in [1.82, 2.24) is 0 Å². The van der Waals surface area contributed by atoms with E-state index in [4.69, 9.17) is 27.9 Å². The minimum atomic E-state index is -4.75. The standard InChI is InChI=1S/C27H23Cl2N3O6S/c1-3-15-11-21(29)26(39(35,36)37)23(12-15)31-32-24-18-8-6-5-7-16(18)13-19(25(24)33)27(34)30-22-10-9-17(38-4-2)14-20(22)28/h5-14,33H,3-4H2,1-2H3,(H,30,34)(H,35,36,37). The number of phenolic OH excluding ortho intramolecular Hbond substituents is 1. The number of ether oxygens (including phenoxy) is 1. The second kappa shape index (κ2) is 11.6. The first-order valence-corrected chi connectivity index (χ1v) is 13.9. The van der Waals surface area contributed by atoms with Gasteiger partial charge in [-0.15, -0.1) is 10.2 Å². The Kier molecular flexibility index (Phi) is 8.41. The third-order valence-corrected chi connectivity index (χ3v) is 7.42. The van der Waals surface area contributed by atoms with Gasteiger partial charge in [0, 0.05) is 11.5 Å². The highest BCUT2D eigenvalue weighted by Gasteiger charge is 2.23. The van der Waals surface area contributed by atoms with Crippen molar-refractivity contribution in [3.8, 4) is 11.5 Å². The van der Waals surface area contributed by atoms with Crippen molar-refractivity contribution in [3.63, 3.8) is 0 Å². The number of azo groups is 1. The van der Waals surface area contributed by atoms with Gasteiger partial charge < -0.3 is 15.2 Å². The monoisotopic (exact) mass is 587 g/mol. The predicted molar refractivity (Wildman–Crippen MR) is 151 cm³/mol. The molecule has 4 aromatic carbocycles. The maximum atomic E-state index is 13.2. The molecular weight excluding hydrogens is 565 g/mol. The Balaban J connectivity index is 1.81. The molecule has 0 atom stereocenters. The molecule has 4 rings (SSSR count). The van der Waals surface area contributed by atoms with Crippen LogP contribution >= 0.6 is 23.2 Å². The van der Waals surface area contributed by atoms with E-state index in [9.17, 15) is 22.9 Å². The number of hydrogen-bond acceptors (Lipinski definition) is 7. The summed E-state index contributed by atoms with van der Waals surface area (Å²) in [4.78, 5) is 12.6. The van der Waals surface area contributed by atoms with Crippen molar-refractivity contribution in [2.24, 2.45) is 10.2 Å². The first-order valence-electron chi connectivity index (χ1n) is 11.7. The maximum absolute atomic E-state index is 13.2. The summed E-state index contributed by atoms with van der Waals surface area (Å²) in [5.41, 5.74) is 0.514. The molecule has 3 N–H and O–H groups in total. The van der Waals surface area contributed by atoms with Crippen molar-refractivity contribution >= 4 is 67.1 Å². The van der Waals surface area contributed by atoms with E-state index in [1.54, 1.807) is 42.5 Å². The second-order valence-electron chi connectivity index (χ2n) is 8.33. The van der Waals surface area contributed by atoms with Gasteiger partial charge in [0.05, 0.1) is 27.9 Å². The maximum Gasteiger partial charge on any atom is 0.298 e. The fraction of sp³-hybridized carbons (Fsp3) is 0.148. The van der Waals surface area contributed by atoms with Crippen LogP contribution in [-0.4, -0.2) is 30.6 Å². The molecular formula is C27H23Cl2N3O6S. The van der Waals surface area contributed by atoms with E-state index in [1.165, 1.54) is 18.2 Å². The molecule has 1 amide bonds. The minimum Gasteiger partial charge on any atom is -0.505 e. The van der Waals surface area contributed by atoms with Crippen molar-refractivity contribution in [1.29, 1.82) is 0 Å². The van der Waals surface area contributed by atoms with Gasteiger partial charge >= 0.3 is 0 Å². The van der Waals surface area contributed by atoms with E-state index >= 15 is 0 Å². The van der Waals surface area contributed by atoms with Gasteiger partial charge in [0.1, 0.15) is 22.0 Å². The Hall–Kier alpha value is -3.70. The molecule has 4 aromatic rings. The van der Waals surface area contributed by atoms with Gasteiger partial charge in [-0.25, -0.2) is 0 Å². The van der Waals surface area contributed by atoms with Gasteiger partial charge in [-0.2, -0.15) is 8.42 Å². The van der Waals surface area contributed by atoms with Crippen molar-refractivity contribution in [2.45, 2.75) is 25.2 Å². The Morgan fingerprint density at radius 2 is 1.74 bits per heavy atom. The van der Waals surface area contributed by atoms with Crippen LogP contribution in [0.2, 0.25) is 10.0 Å². The molecule has 0 spiro atoms. The zero-order valence-electron chi connectivity index (χ0n) is 20.8. The number of phenols is 1. The molecule has 0 saturated carbocycles. The molecule has 0 unspecified atom stereocenters. The number of halogens is 2. The molecule has 0 radical (unpaired) electrons. The summed E-state index contributed by atoms with van der Waals surface area (Å²) in [6, 6.07) is 15.9. The number of carbonyl (C=O) groups excluding carboxylic acids is 1. The lowest BCUT2D eigenvalue weighted by Gasteiger charge is -2.13. The van der Waals surface area contributed by atoms with Crippen LogP contribution in [0.4, 0.5) is 17.1 Å². The summed E-state index contributed by atoms with van der Waals surface area (Å²) in [7, 11) is -4.75. The number of carbonyl (C=O) groups is 1. The van der Waals surface area contributed by atoms with Crippen LogP contribution in [0.3, 0.4) is 0 Å². The highest BCUT2D eigenvalue weighted by molar-refractivity contribution is 7.86. The van der Waals surface area contributed by atoms with Crippen LogP contribution in [-0.2, 0) is 16.5 Å². The Bertz CT molecular complexity index is 1720. The molecule has 0 aliphatic heterocycles. The molecule has 202 valence electrons. The van der Waals surface area contributed by atoms with Crippen molar-refractivity contribution in [3.05, 3.63) is 81.8 Å². The molecule has 0 aromatic heterocycles. The first kappa shape index (κ1) is 28.3. The van der Waals surface area contributed by atoms with Crippen LogP contribution in [0.25, 0.3) is 10.8 Å². The number of aromatic hydroxyl groups is 1. The van der Waals surface area contributed by atoms with E-state index in [2.05, 4.69) is 15.5 Å². The smallest absolute Gasteiger partial charge is 0.298 e. The number of rotatable bonds is 8. The molecule has 0 saturated heterocycles. The summed E-state index contributed by atoms with van der Waals surface area (Å²) in [5.74, 6) is -0.633. The number of anilines is 1. The molecule has 12 heteroatoms. The average molecular weight is 588 g/mol. The summed E-state index contributed by atoms with van der Waals surface area (Å²) in [6.45, 7) is 4.11. The summed E-state index contributed by atoms with van der Waals surface area (Å²) in [5, 5.41) is 22.9. The van der Waals surface area contributed by atoms with Crippen LogP contribution in [0, 0.1) is 0 Å². The number of hydrogen-bond donors (Lipinski definition) is 3. The number of amides is 1. The fourth-order valence-corrected chi connectivity index (χ4v) is 5.32. The number of nitrogens with one attached hydrogen (secondary N) is 1. The largest absolute Gasteiger partial charge is 0.505 e. The Morgan fingerprint density at radius 3 is 2.41 bits per heavy atom. The predicted octanol–water partition coefficient (Wildman–Crippen LogP) is 7.73. The zero-order chi connectivity index (χ0) is 28.3. The average Bonchev–Trinajstić information content (AvgIpc) is 2.88. The van der Waals surface area contributed by atoms with Gasteiger partial charge in [0.15, 0.2) is 5.75 Å². The van der Waals surface area contributed by atoms with Gasteiger partial charge in [0.25, 0.3) is 16.0 Å². The summed E-state index contributed by atoms with van der Waals surface area (Å²) < 4.78 is 39.2. The first-order chi connectivity index (χ1) is 18.5. The third kappa shape index (κ3) is 6.15. The van der Waals surface area contributed by atoms with Gasteiger partial charge in [-0.1, -0.05) is 54.4 Å². The minimum absolute atomic E-state index is 0.0876.